The standard InChI is InChI=1S/C9H16N2O2/c1-13-3-2-9(12)11-5-7-4-8(6-11)10-7/h7-8,10H,2-6H2,1H3. The van der Waals surface area contributed by atoms with Crippen molar-refractivity contribution in [2.75, 3.05) is 26.8 Å². The number of ether oxygens (including phenoxy) is 1. The number of hydrogen-bond donors (Lipinski definition) is 1. The Morgan fingerprint density at radius 1 is 1.54 bits per heavy atom. The second-order valence-corrected chi connectivity index (χ2v) is 3.84. The van der Waals surface area contributed by atoms with Crippen LogP contribution in [0.5, 0.6) is 0 Å². The number of nitrogens with one attached hydrogen (secondary N) is 1. The molecule has 0 spiro atoms. The average Bonchev–Trinajstić information content (AvgIpc) is 2.13. The van der Waals surface area contributed by atoms with Gasteiger partial charge in [-0.15, -0.1) is 0 Å². The first-order chi connectivity index (χ1) is 6.29. The Balaban J connectivity index is 1.77. The molecular weight excluding hydrogens is 168 g/mol. The minimum Gasteiger partial charge on any atom is -0.384 e. The van der Waals surface area contributed by atoms with Crippen molar-refractivity contribution in [1.82, 2.24) is 10.2 Å². The van der Waals surface area contributed by atoms with Crippen molar-refractivity contribution < 1.29 is 9.53 Å². The molecule has 13 heavy (non-hydrogen) atoms. The van der Waals surface area contributed by atoms with E-state index in [-0.39, 0.29) is 5.91 Å². The van der Waals surface area contributed by atoms with Crippen LogP contribution in [0.4, 0.5) is 0 Å². The number of piperidine rings is 1. The van der Waals surface area contributed by atoms with Crippen molar-refractivity contribution in [3.8, 4) is 0 Å². The molecule has 3 heterocycles. The first kappa shape index (κ1) is 8.97. The van der Waals surface area contributed by atoms with Gasteiger partial charge in [-0.2, -0.15) is 0 Å². The second kappa shape index (κ2) is 3.64. The van der Waals surface area contributed by atoms with E-state index in [0.29, 0.717) is 25.1 Å². The van der Waals surface area contributed by atoms with E-state index < -0.39 is 0 Å². The Bertz CT molecular complexity index is 192. The summed E-state index contributed by atoms with van der Waals surface area (Å²) in [6.07, 6.45) is 1.77. The van der Waals surface area contributed by atoms with Gasteiger partial charge in [-0.05, 0) is 6.42 Å². The van der Waals surface area contributed by atoms with Crippen molar-refractivity contribution in [3.05, 3.63) is 0 Å². The van der Waals surface area contributed by atoms with Gasteiger partial charge < -0.3 is 15.0 Å². The van der Waals surface area contributed by atoms with Crippen LogP contribution in [0.1, 0.15) is 12.8 Å². The van der Waals surface area contributed by atoms with Gasteiger partial charge in [0.2, 0.25) is 5.91 Å². The number of piperazine rings is 1. The normalized spacial score (nSPS) is 31.3. The molecule has 0 aromatic heterocycles. The monoisotopic (exact) mass is 184 g/mol. The first-order valence-corrected chi connectivity index (χ1v) is 4.82. The largest absolute Gasteiger partial charge is 0.384 e. The van der Waals surface area contributed by atoms with E-state index in [9.17, 15) is 4.79 Å². The number of hydrogen-bond acceptors (Lipinski definition) is 3. The lowest BCUT2D eigenvalue weighted by Crippen LogP contribution is -2.67. The molecule has 0 radical (unpaired) electrons. The van der Waals surface area contributed by atoms with Gasteiger partial charge in [0, 0.05) is 32.3 Å². The highest BCUT2D eigenvalue weighted by atomic mass is 16.5. The summed E-state index contributed by atoms with van der Waals surface area (Å²) >= 11 is 0. The molecule has 3 aliphatic heterocycles. The fraction of sp³-hybridized carbons (Fsp3) is 0.889. The molecule has 0 aliphatic carbocycles. The van der Waals surface area contributed by atoms with Crippen LogP contribution in [0.15, 0.2) is 0 Å². The predicted octanol–water partition coefficient (Wildman–Crippen LogP) is -0.404. The SMILES string of the molecule is COCCC(=O)N1CC2CC(C1)N2. The Labute approximate surface area is 78.2 Å². The van der Waals surface area contributed by atoms with Crippen LogP contribution < -0.4 is 5.32 Å². The van der Waals surface area contributed by atoms with Gasteiger partial charge in [0.1, 0.15) is 0 Å². The summed E-state index contributed by atoms with van der Waals surface area (Å²) in [5.41, 5.74) is 0. The van der Waals surface area contributed by atoms with E-state index in [0.717, 1.165) is 13.1 Å². The van der Waals surface area contributed by atoms with Crippen molar-refractivity contribution in [2.24, 2.45) is 0 Å². The fourth-order valence-electron chi connectivity index (χ4n) is 2.06. The predicted molar refractivity (Wildman–Crippen MR) is 48.4 cm³/mol. The van der Waals surface area contributed by atoms with Crippen molar-refractivity contribution in [2.45, 2.75) is 24.9 Å². The lowest BCUT2D eigenvalue weighted by Gasteiger charge is -2.48. The van der Waals surface area contributed by atoms with E-state index in [2.05, 4.69) is 5.32 Å². The van der Waals surface area contributed by atoms with Crippen LogP contribution in [0, 0.1) is 0 Å². The molecule has 4 nitrogen and oxygen atoms in total. The fourth-order valence-corrected chi connectivity index (χ4v) is 2.06. The van der Waals surface area contributed by atoms with Gasteiger partial charge in [-0.25, -0.2) is 0 Å². The number of amides is 1. The maximum absolute atomic E-state index is 11.5. The zero-order valence-electron chi connectivity index (χ0n) is 7.95. The summed E-state index contributed by atoms with van der Waals surface area (Å²) in [6, 6.07) is 1.12. The topological polar surface area (TPSA) is 41.6 Å². The Hall–Kier alpha value is -0.610. The molecule has 2 unspecified atom stereocenters. The highest BCUT2D eigenvalue weighted by Crippen LogP contribution is 2.20. The third kappa shape index (κ3) is 1.84. The number of methoxy groups -OCH3 is 1. The maximum Gasteiger partial charge on any atom is 0.224 e. The Morgan fingerprint density at radius 3 is 2.69 bits per heavy atom. The molecule has 2 atom stereocenters. The van der Waals surface area contributed by atoms with Crippen LogP contribution in [-0.2, 0) is 9.53 Å². The highest BCUT2D eigenvalue weighted by Gasteiger charge is 2.37. The van der Waals surface area contributed by atoms with Crippen molar-refractivity contribution >= 4 is 5.91 Å². The van der Waals surface area contributed by atoms with E-state index in [1.165, 1.54) is 6.42 Å². The van der Waals surface area contributed by atoms with Crippen LogP contribution >= 0.6 is 0 Å². The van der Waals surface area contributed by atoms with Gasteiger partial charge >= 0.3 is 0 Å². The van der Waals surface area contributed by atoms with E-state index in [4.69, 9.17) is 4.74 Å². The molecule has 0 aromatic rings. The van der Waals surface area contributed by atoms with Gasteiger partial charge in [0.05, 0.1) is 13.0 Å². The van der Waals surface area contributed by atoms with Crippen LogP contribution in [-0.4, -0.2) is 49.7 Å². The lowest BCUT2D eigenvalue weighted by molar-refractivity contribution is -0.136. The van der Waals surface area contributed by atoms with Crippen LogP contribution in [0.2, 0.25) is 0 Å². The average molecular weight is 184 g/mol. The smallest absolute Gasteiger partial charge is 0.224 e. The highest BCUT2D eigenvalue weighted by molar-refractivity contribution is 5.76. The van der Waals surface area contributed by atoms with Crippen LogP contribution in [0.25, 0.3) is 0 Å². The molecule has 3 saturated heterocycles. The zero-order chi connectivity index (χ0) is 9.26. The quantitative estimate of drug-likeness (QED) is 0.648. The van der Waals surface area contributed by atoms with E-state index in [1.807, 2.05) is 4.90 Å². The van der Waals surface area contributed by atoms with E-state index in [1.54, 1.807) is 7.11 Å². The van der Waals surface area contributed by atoms with Gasteiger partial charge in [0.15, 0.2) is 0 Å². The molecule has 1 amide bonds. The van der Waals surface area contributed by atoms with Gasteiger partial charge in [0.25, 0.3) is 0 Å². The summed E-state index contributed by atoms with van der Waals surface area (Å²) in [5, 5.41) is 3.39. The maximum atomic E-state index is 11.5. The first-order valence-electron chi connectivity index (χ1n) is 4.82. The van der Waals surface area contributed by atoms with E-state index >= 15 is 0 Å². The van der Waals surface area contributed by atoms with Crippen molar-refractivity contribution in [1.29, 1.82) is 0 Å². The minimum absolute atomic E-state index is 0.234. The molecule has 3 fully saturated rings. The molecule has 4 heteroatoms. The number of nitrogens with zero attached hydrogens (tertiary/aromatic N) is 1. The minimum atomic E-state index is 0.234. The molecule has 1 N–H and O–H groups in total. The molecule has 3 rings (SSSR count). The molecular formula is C9H16N2O2. The number of carbonyl (C=O) groups excluding carboxylic acids is 1. The van der Waals surface area contributed by atoms with Gasteiger partial charge in [-0.1, -0.05) is 0 Å². The summed E-state index contributed by atoms with van der Waals surface area (Å²) in [4.78, 5) is 13.5. The molecule has 0 aromatic carbocycles. The second-order valence-electron chi connectivity index (χ2n) is 3.84. The summed E-state index contributed by atoms with van der Waals surface area (Å²) in [7, 11) is 1.63. The Morgan fingerprint density at radius 2 is 2.15 bits per heavy atom. The number of fused-ring (bicyclic) bond motifs is 2. The summed E-state index contributed by atoms with van der Waals surface area (Å²) in [5.74, 6) is 0.234. The third-order valence-corrected chi connectivity index (χ3v) is 2.79. The number of carbonyl (C=O) groups is 1. The molecule has 2 bridgehead atoms. The summed E-state index contributed by atoms with van der Waals surface area (Å²) < 4.78 is 4.88. The molecule has 3 aliphatic rings. The molecule has 74 valence electrons. The third-order valence-electron chi connectivity index (χ3n) is 2.79. The molecule has 0 saturated carbocycles. The zero-order valence-corrected chi connectivity index (χ0v) is 7.95. The Kier molecular flexibility index (Phi) is 2.51. The summed E-state index contributed by atoms with van der Waals surface area (Å²) in [6.45, 7) is 2.32. The van der Waals surface area contributed by atoms with Gasteiger partial charge in [-0.3, -0.25) is 4.79 Å². The lowest BCUT2D eigenvalue weighted by atomic mass is 9.91. The number of rotatable bonds is 3. The van der Waals surface area contributed by atoms with Crippen LogP contribution in [0.3, 0.4) is 0 Å². The van der Waals surface area contributed by atoms with Crippen molar-refractivity contribution in [3.63, 3.8) is 0 Å².